The fourth-order valence-corrected chi connectivity index (χ4v) is 3.93. The van der Waals surface area contributed by atoms with E-state index in [1.54, 1.807) is 0 Å². The van der Waals surface area contributed by atoms with Gasteiger partial charge in [0, 0.05) is 6.04 Å². The molecule has 3 atom stereocenters. The molecule has 1 saturated carbocycles. The number of urea groups is 1. The highest BCUT2D eigenvalue weighted by molar-refractivity contribution is 6.09. The van der Waals surface area contributed by atoms with Crippen molar-refractivity contribution >= 4 is 17.8 Å². The summed E-state index contributed by atoms with van der Waals surface area (Å²) in [6.45, 7) is 0.272. The zero-order valence-electron chi connectivity index (χ0n) is 16.4. The van der Waals surface area contributed by atoms with Gasteiger partial charge in [-0.05, 0) is 43.4 Å². The summed E-state index contributed by atoms with van der Waals surface area (Å²) in [6.07, 6.45) is 4.11. The van der Waals surface area contributed by atoms with Crippen LogP contribution in [0.15, 0.2) is 24.3 Å². The molecule has 1 aliphatic heterocycles. The Kier molecular flexibility index (Phi) is 6.04. The zero-order chi connectivity index (χ0) is 21.2. The molecular formula is C20H25F2N3O4. The third-order valence-corrected chi connectivity index (χ3v) is 5.69. The van der Waals surface area contributed by atoms with Crippen LogP contribution in [0.2, 0.25) is 0 Å². The van der Waals surface area contributed by atoms with Crippen molar-refractivity contribution < 1.29 is 27.9 Å². The highest BCUT2D eigenvalue weighted by Gasteiger charge is 2.49. The zero-order valence-corrected chi connectivity index (χ0v) is 16.4. The van der Waals surface area contributed by atoms with Crippen molar-refractivity contribution in [3.63, 3.8) is 0 Å². The first-order valence-corrected chi connectivity index (χ1v) is 9.69. The van der Waals surface area contributed by atoms with Gasteiger partial charge in [0.25, 0.3) is 5.91 Å². The lowest BCUT2D eigenvalue weighted by atomic mass is 9.86. The van der Waals surface area contributed by atoms with Gasteiger partial charge in [-0.3, -0.25) is 14.5 Å². The van der Waals surface area contributed by atoms with Crippen LogP contribution in [0.4, 0.5) is 13.6 Å². The molecule has 0 unspecified atom stereocenters. The summed E-state index contributed by atoms with van der Waals surface area (Å²) in [5.41, 5.74) is -0.986. The van der Waals surface area contributed by atoms with Crippen LogP contribution < -0.4 is 15.4 Å². The molecule has 1 aromatic carbocycles. The molecule has 29 heavy (non-hydrogen) atoms. The monoisotopic (exact) mass is 409 g/mol. The summed E-state index contributed by atoms with van der Waals surface area (Å²) in [7, 11) is 0. The summed E-state index contributed by atoms with van der Waals surface area (Å²) < 4.78 is 28.9. The van der Waals surface area contributed by atoms with Crippen LogP contribution in [-0.4, -0.2) is 41.9 Å². The molecule has 2 aliphatic rings. The molecule has 1 saturated heterocycles. The van der Waals surface area contributed by atoms with Crippen molar-refractivity contribution in [2.45, 2.75) is 57.7 Å². The molecule has 1 aliphatic carbocycles. The van der Waals surface area contributed by atoms with Crippen LogP contribution in [0, 0.1) is 5.92 Å². The number of alkyl halides is 2. The van der Waals surface area contributed by atoms with Gasteiger partial charge in [0.05, 0.1) is 0 Å². The first-order valence-electron chi connectivity index (χ1n) is 9.69. The Balaban J connectivity index is 1.67. The lowest BCUT2D eigenvalue weighted by Crippen LogP contribution is -2.47. The van der Waals surface area contributed by atoms with Crippen molar-refractivity contribution in [1.82, 2.24) is 15.5 Å². The van der Waals surface area contributed by atoms with Crippen LogP contribution >= 0.6 is 0 Å². The number of amides is 4. The van der Waals surface area contributed by atoms with Gasteiger partial charge in [0.1, 0.15) is 17.8 Å². The number of carbonyl (C=O) groups excluding carboxylic acids is 3. The minimum atomic E-state index is -2.95. The van der Waals surface area contributed by atoms with Crippen molar-refractivity contribution in [3.05, 3.63) is 29.8 Å². The van der Waals surface area contributed by atoms with Crippen molar-refractivity contribution in [2.24, 2.45) is 5.92 Å². The van der Waals surface area contributed by atoms with Gasteiger partial charge in [-0.15, -0.1) is 0 Å². The third-order valence-electron chi connectivity index (χ3n) is 5.69. The molecule has 2 N–H and O–H groups in total. The van der Waals surface area contributed by atoms with Gasteiger partial charge in [0.2, 0.25) is 5.91 Å². The third kappa shape index (κ3) is 4.49. The maximum absolute atomic E-state index is 12.9. The second-order valence-corrected chi connectivity index (χ2v) is 7.79. The molecule has 0 bridgehead atoms. The van der Waals surface area contributed by atoms with E-state index in [1.807, 2.05) is 0 Å². The van der Waals surface area contributed by atoms with E-state index in [4.69, 9.17) is 0 Å². The number of nitrogens with one attached hydrogen (secondary N) is 2. The molecule has 7 nitrogen and oxygen atoms in total. The van der Waals surface area contributed by atoms with Crippen LogP contribution in [0.1, 0.15) is 45.1 Å². The quantitative estimate of drug-likeness (QED) is 0.708. The van der Waals surface area contributed by atoms with Crippen LogP contribution in [0.5, 0.6) is 5.75 Å². The predicted molar refractivity (Wildman–Crippen MR) is 100 cm³/mol. The summed E-state index contributed by atoms with van der Waals surface area (Å²) in [6, 6.07) is 4.84. The Hall–Kier alpha value is -2.71. The highest BCUT2D eigenvalue weighted by atomic mass is 19.3. The van der Waals surface area contributed by atoms with Crippen LogP contribution in [0.25, 0.3) is 0 Å². The Bertz CT molecular complexity index is 786. The van der Waals surface area contributed by atoms with Crippen LogP contribution in [0.3, 0.4) is 0 Å². The molecule has 0 radical (unpaired) electrons. The minimum absolute atomic E-state index is 0.0470. The average Bonchev–Trinajstić information content (AvgIpc) is 2.88. The average molecular weight is 409 g/mol. The van der Waals surface area contributed by atoms with Gasteiger partial charge in [-0.25, -0.2) is 4.79 Å². The number of halogens is 2. The van der Waals surface area contributed by atoms with E-state index in [1.165, 1.54) is 31.2 Å². The number of rotatable bonds is 6. The second kappa shape index (κ2) is 8.34. The van der Waals surface area contributed by atoms with Gasteiger partial charge in [-0.1, -0.05) is 31.9 Å². The highest BCUT2D eigenvalue weighted by Crippen LogP contribution is 2.30. The van der Waals surface area contributed by atoms with Crippen molar-refractivity contribution in [2.75, 3.05) is 6.54 Å². The fraction of sp³-hybridized carbons (Fsp3) is 0.550. The molecule has 1 aromatic rings. The van der Waals surface area contributed by atoms with Gasteiger partial charge >= 0.3 is 12.6 Å². The molecule has 3 rings (SSSR count). The number of imide groups is 1. The minimum Gasteiger partial charge on any atom is -0.435 e. The number of hydrogen-bond acceptors (Lipinski definition) is 4. The molecule has 0 spiro atoms. The van der Waals surface area contributed by atoms with Gasteiger partial charge < -0.3 is 15.4 Å². The SMILES string of the molecule is C[C@H]1CCCC[C@@H]1NC(=O)CN1C(=O)N[C@](C)(c2ccc(OC(F)F)cc2)C1=O. The van der Waals surface area contributed by atoms with E-state index in [9.17, 15) is 23.2 Å². The van der Waals surface area contributed by atoms with E-state index in [-0.39, 0.29) is 24.2 Å². The molecule has 1 heterocycles. The maximum atomic E-state index is 12.9. The molecule has 158 valence electrons. The van der Waals surface area contributed by atoms with E-state index < -0.39 is 24.1 Å². The smallest absolute Gasteiger partial charge is 0.387 e. The summed E-state index contributed by atoms with van der Waals surface area (Å²) in [4.78, 5) is 38.6. The Labute approximate surface area is 167 Å². The van der Waals surface area contributed by atoms with E-state index >= 15 is 0 Å². The summed E-state index contributed by atoms with van der Waals surface area (Å²) >= 11 is 0. The van der Waals surface area contributed by atoms with E-state index in [0.29, 0.717) is 11.5 Å². The van der Waals surface area contributed by atoms with Gasteiger partial charge in [0.15, 0.2) is 0 Å². The summed E-state index contributed by atoms with van der Waals surface area (Å²) in [5.74, 6) is -0.647. The van der Waals surface area contributed by atoms with E-state index in [0.717, 1.165) is 30.6 Å². The van der Waals surface area contributed by atoms with Crippen LogP contribution in [-0.2, 0) is 15.1 Å². The number of ether oxygens (including phenoxy) is 1. The van der Waals surface area contributed by atoms with E-state index in [2.05, 4.69) is 22.3 Å². The summed E-state index contributed by atoms with van der Waals surface area (Å²) in [5, 5.41) is 5.52. The topological polar surface area (TPSA) is 87.7 Å². The number of benzene rings is 1. The second-order valence-electron chi connectivity index (χ2n) is 7.79. The Morgan fingerprint density at radius 2 is 1.93 bits per heavy atom. The Morgan fingerprint density at radius 3 is 2.55 bits per heavy atom. The lowest BCUT2D eigenvalue weighted by Gasteiger charge is -2.30. The van der Waals surface area contributed by atoms with Crippen molar-refractivity contribution in [1.29, 1.82) is 0 Å². The van der Waals surface area contributed by atoms with Gasteiger partial charge in [-0.2, -0.15) is 8.78 Å². The predicted octanol–water partition coefficient (Wildman–Crippen LogP) is 2.75. The normalized spacial score (nSPS) is 27.1. The lowest BCUT2D eigenvalue weighted by molar-refractivity contribution is -0.135. The molecule has 9 heteroatoms. The standard InChI is InChI=1S/C20H25F2N3O4/c1-12-5-3-4-6-15(12)23-16(26)11-25-17(27)20(2,24-19(25)28)13-7-9-14(10-8-13)29-18(21)22/h7-10,12,15,18H,3-6,11H2,1-2H3,(H,23,26)(H,24,28)/t12-,15-,20+/m0/s1. The molecule has 4 amide bonds. The molecule has 2 fully saturated rings. The maximum Gasteiger partial charge on any atom is 0.387 e. The fourth-order valence-electron chi connectivity index (χ4n) is 3.93. The molecule has 0 aromatic heterocycles. The largest absolute Gasteiger partial charge is 0.435 e. The molecular weight excluding hydrogens is 384 g/mol. The Morgan fingerprint density at radius 1 is 1.28 bits per heavy atom. The first kappa shape index (κ1) is 21.0. The number of carbonyl (C=O) groups is 3. The first-order chi connectivity index (χ1) is 13.7. The number of hydrogen-bond donors (Lipinski definition) is 2. The number of nitrogens with zero attached hydrogens (tertiary/aromatic N) is 1. The van der Waals surface area contributed by atoms with Crippen molar-refractivity contribution in [3.8, 4) is 5.75 Å².